The van der Waals surface area contributed by atoms with Gasteiger partial charge in [0.05, 0.1) is 6.54 Å². The molecule has 0 atom stereocenters. The Morgan fingerprint density at radius 3 is 2.65 bits per heavy atom. The molecule has 1 aromatic rings. The summed E-state index contributed by atoms with van der Waals surface area (Å²) in [7, 11) is 0. The topological polar surface area (TPSA) is 61.4 Å². The van der Waals surface area contributed by atoms with Crippen LogP contribution < -0.4 is 10.6 Å². The van der Waals surface area contributed by atoms with Crippen LogP contribution in [0.3, 0.4) is 0 Å². The number of imide groups is 1. The summed E-state index contributed by atoms with van der Waals surface area (Å²) in [6, 6.07) is 7.69. The van der Waals surface area contributed by atoms with Crippen LogP contribution in [-0.2, 0) is 10.3 Å². The fourth-order valence-electron chi connectivity index (χ4n) is 2.23. The summed E-state index contributed by atoms with van der Waals surface area (Å²) in [5.74, 6) is -0.171. The highest BCUT2D eigenvalue weighted by molar-refractivity contribution is 9.10. The summed E-state index contributed by atoms with van der Waals surface area (Å²) >= 11 is 3.54. The molecule has 20 heavy (non-hydrogen) atoms. The Balaban J connectivity index is 1.95. The Morgan fingerprint density at radius 1 is 1.35 bits per heavy atom. The minimum atomic E-state index is -0.310. The Hall–Kier alpha value is -1.40. The number of carbonyl (C=O) groups is 2. The zero-order valence-electron chi connectivity index (χ0n) is 11.6. The van der Waals surface area contributed by atoms with Gasteiger partial charge in [0.2, 0.25) is 5.91 Å². The maximum Gasteiger partial charge on any atom is 0.324 e. The molecule has 108 valence electrons. The molecule has 0 saturated carbocycles. The monoisotopic (exact) mass is 339 g/mol. The Kier molecular flexibility index (Phi) is 4.45. The van der Waals surface area contributed by atoms with Crippen molar-refractivity contribution in [3.05, 3.63) is 34.3 Å². The van der Waals surface area contributed by atoms with Crippen molar-refractivity contribution in [2.75, 3.05) is 19.6 Å². The van der Waals surface area contributed by atoms with E-state index >= 15 is 0 Å². The van der Waals surface area contributed by atoms with E-state index in [1.807, 2.05) is 24.3 Å². The second-order valence-corrected chi connectivity index (χ2v) is 6.09. The number of hydrogen-bond donors (Lipinski definition) is 2. The van der Waals surface area contributed by atoms with Crippen molar-refractivity contribution in [3.8, 4) is 0 Å². The number of hydrogen-bond acceptors (Lipinski definition) is 3. The zero-order chi connectivity index (χ0) is 14.8. The van der Waals surface area contributed by atoms with Gasteiger partial charge < -0.3 is 10.6 Å². The largest absolute Gasteiger partial charge is 0.329 e. The average molecular weight is 340 g/mol. The van der Waals surface area contributed by atoms with Crippen LogP contribution in [0.25, 0.3) is 0 Å². The lowest BCUT2D eigenvalue weighted by Crippen LogP contribution is -2.43. The minimum absolute atomic E-state index is 0.104. The third kappa shape index (κ3) is 3.19. The van der Waals surface area contributed by atoms with Crippen molar-refractivity contribution in [3.63, 3.8) is 0 Å². The summed E-state index contributed by atoms with van der Waals surface area (Å²) in [5.41, 5.74) is 0.886. The quantitative estimate of drug-likeness (QED) is 0.804. The normalized spacial score (nSPS) is 15.7. The number of nitrogens with zero attached hydrogens (tertiary/aromatic N) is 1. The van der Waals surface area contributed by atoms with Gasteiger partial charge in [-0.15, -0.1) is 0 Å². The molecule has 2 rings (SSSR count). The minimum Gasteiger partial charge on any atom is -0.329 e. The van der Waals surface area contributed by atoms with Crippen LogP contribution in [0, 0.1) is 0 Å². The highest BCUT2D eigenvalue weighted by atomic mass is 79.9. The standard InChI is InChI=1S/C14H18BrN3O2/c1-14(2,10-5-3-4-6-11(10)15)17-7-8-18-12(19)9-16-13(18)20/h3-6,17H,7-9H2,1-2H3,(H,16,20). The predicted octanol–water partition coefficient (Wildman–Crippen LogP) is 1.83. The highest BCUT2D eigenvalue weighted by Crippen LogP contribution is 2.27. The summed E-state index contributed by atoms with van der Waals surface area (Å²) in [5, 5.41) is 5.89. The Morgan fingerprint density at radius 2 is 2.05 bits per heavy atom. The molecular weight excluding hydrogens is 322 g/mol. The number of halogens is 1. The first-order valence-corrected chi connectivity index (χ1v) is 7.29. The average Bonchev–Trinajstić information content (AvgIpc) is 2.70. The first-order valence-electron chi connectivity index (χ1n) is 6.50. The van der Waals surface area contributed by atoms with Crippen LogP contribution >= 0.6 is 15.9 Å². The molecule has 1 aliphatic rings. The maximum atomic E-state index is 11.5. The highest BCUT2D eigenvalue weighted by Gasteiger charge is 2.29. The van der Waals surface area contributed by atoms with Crippen molar-refractivity contribution < 1.29 is 9.59 Å². The van der Waals surface area contributed by atoms with Gasteiger partial charge in [-0.1, -0.05) is 34.1 Å². The molecule has 0 spiro atoms. The van der Waals surface area contributed by atoms with E-state index in [0.29, 0.717) is 13.1 Å². The van der Waals surface area contributed by atoms with E-state index in [-0.39, 0.29) is 24.0 Å². The number of nitrogens with one attached hydrogen (secondary N) is 2. The molecular formula is C14H18BrN3O2. The molecule has 1 fully saturated rings. The first kappa shape index (κ1) is 15.0. The van der Waals surface area contributed by atoms with Gasteiger partial charge in [0, 0.05) is 23.1 Å². The molecule has 0 aromatic heterocycles. The molecule has 3 amide bonds. The first-order chi connectivity index (χ1) is 9.42. The summed E-state index contributed by atoms with van der Waals surface area (Å²) < 4.78 is 1.03. The third-order valence-corrected chi connectivity index (χ3v) is 4.08. The van der Waals surface area contributed by atoms with E-state index in [9.17, 15) is 9.59 Å². The number of benzene rings is 1. The van der Waals surface area contributed by atoms with E-state index in [2.05, 4.69) is 40.4 Å². The van der Waals surface area contributed by atoms with Gasteiger partial charge in [-0.3, -0.25) is 9.69 Å². The van der Waals surface area contributed by atoms with Crippen molar-refractivity contribution in [2.24, 2.45) is 0 Å². The van der Waals surface area contributed by atoms with E-state index in [4.69, 9.17) is 0 Å². The zero-order valence-corrected chi connectivity index (χ0v) is 13.2. The molecule has 1 saturated heterocycles. The van der Waals surface area contributed by atoms with Crippen LogP contribution in [0.15, 0.2) is 28.7 Å². The lowest BCUT2D eigenvalue weighted by Gasteiger charge is -2.29. The van der Waals surface area contributed by atoms with Crippen LogP contribution in [0.5, 0.6) is 0 Å². The third-order valence-electron chi connectivity index (χ3n) is 3.39. The summed E-state index contributed by atoms with van der Waals surface area (Å²) in [4.78, 5) is 24.1. The number of rotatable bonds is 5. The molecule has 1 aromatic carbocycles. The molecule has 2 N–H and O–H groups in total. The van der Waals surface area contributed by atoms with Gasteiger partial charge >= 0.3 is 6.03 Å². The predicted molar refractivity (Wildman–Crippen MR) is 80.3 cm³/mol. The molecule has 0 bridgehead atoms. The van der Waals surface area contributed by atoms with Crippen molar-refractivity contribution in [1.82, 2.24) is 15.5 Å². The molecule has 0 unspecified atom stereocenters. The van der Waals surface area contributed by atoms with Gasteiger partial charge in [0.1, 0.15) is 0 Å². The summed E-state index contributed by atoms with van der Waals surface area (Å²) in [6.45, 7) is 5.16. The van der Waals surface area contributed by atoms with Gasteiger partial charge in [0.15, 0.2) is 0 Å². The van der Waals surface area contributed by atoms with Gasteiger partial charge in [-0.05, 0) is 25.5 Å². The molecule has 5 nitrogen and oxygen atoms in total. The molecule has 1 heterocycles. The van der Waals surface area contributed by atoms with Gasteiger partial charge in [-0.25, -0.2) is 4.79 Å². The van der Waals surface area contributed by atoms with Crippen molar-refractivity contribution in [2.45, 2.75) is 19.4 Å². The second kappa shape index (κ2) is 5.93. The number of carbonyl (C=O) groups excluding carboxylic acids is 2. The van der Waals surface area contributed by atoms with Crippen LogP contribution in [0.2, 0.25) is 0 Å². The van der Waals surface area contributed by atoms with Crippen molar-refractivity contribution >= 4 is 27.9 Å². The maximum absolute atomic E-state index is 11.5. The molecule has 0 aliphatic carbocycles. The number of amides is 3. The second-order valence-electron chi connectivity index (χ2n) is 5.24. The Bertz CT molecular complexity index is 515. The van der Waals surface area contributed by atoms with Gasteiger partial charge in [-0.2, -0.15) is 0 Å². The van der Waals surface area contributed by atoms with Crippen LogP contribution in [0.4, 0.5) is 4.79 Å². The number of urea groups is 1. The van der Waals surface area contributed by atoms with E-state index in [0.717, 1.165) is 10.0 Å². The van der Waals surface area contributed by atoms with Gasteiger partial charge in [0.25, 0.3) is 0 Å². The fraction of sp³-hybridized carbons (Fsp3) is 0.429. The van der Waals surface area contributed by atoms with E-state index in [1.54, 1.807) is 0 Å². The smallest absolute Gasteiger partial charge is 0.324 e. The Labute approximate surface area is 126 Å². The lowest BCUT2D eigenvalue weighted by molar-refractivity contribution is -0.124. The molecule has 1 aliphatic heterocycles. The van der Waals surface area contributed by atoms with Crippen LogP contribution in [-0.4, -0.2) is 36.5 Å². The lowest BCUT2D eigenvalue weighted by atomic mass is 9.94. The molecule has 6 heteroatoms. The summed E-state index contributed by atoms with van der Waals surface area (Å²) in [6.07, 6.45) is 0. The van der Waals surface area contributed by atoms with E-state index < -0.39 is 0 Å². The SMILES string of the molecule is CC(C)(NCCN1C(=O)CNC1=O)c1ccccc1Br. The van der Waals surface area contributed by atoms with E-state index in [1.165, 1.54) is 4.90 Å². The molecule has 0 radical (unpaired) electrons. The van der Waals surface area contributed by atoms with Crippen molar-refractivity contribution in [1.29, 1.82) is 0 Å². The van der Waals surface area contributed by atoms with Crippen LogP contribution in [0.1, 0.15) is 19.4 Å². The fourth-order valence-corrected chi connectivity index (χ4v) is 3.01.